The summed E-state index contributed by atoms with van der Waals surface area (Å²) in [5, 5.41) is 4.11. The van der Waals surface area contributed by atoms with Crippen molar-refractivity contribution in [2.45, 2.75) is 0 Å². The maximum absolute atomic E-state index is 5.53. The van der Waals surface area contributed by atoms with E-state index in [9.17, 15) is 0 Å². The van der Waals surface area contributed by atoms with E-state index in [1.165, 1.54) is 0 Å². The predicted octanol–water partition coefficient (Wildman–Crippen LogP) is 1.66. The van der Waals surface area contributed by atoms with Crippen molar-refractivity contribution in [3.8, 4) is 5.82 Å². The van der Waals surface area contributed by atoms with Crippen molar-refractivity contribution < 1.29 is 0 Å². The number of nitrogens with two attached hydrogens (primary N) is 1. The number of nitrogens with zero attached hydrogens (tertiary/aromatic N) is 3. The molecule has 0 bridgehead atoms. The van der Waals surface area contributed by atoms with Crippen LogP contribution in [0.4, 0.5) is 0 Å². The van der Waals surface area contributed by atoms with Crippen LogP contribution in [0.2, 0.25) is 0 Å². The minimum Gasteiger partial charge on any atom is -0.389 e. The van der Waals surface area contributed by atoms with Gasteiger partial charge in [0, 0.05) is 18.0 Å². The van der Waals surface area contributed by atoms with Crippen molar-refractivity contribution in [2.24, 2.45) is 5.73 Å². The molecule has 0 fully saturated rings. The van der Waals surface area contributed by atoms with Crippen LogP contribution in [0, 0.1) is 0 Å². The van der Waals surface area contributed by atoms with E-state index < -0.39 is 0 Å². The number of thiocarbonyl (C=S) groups is 1. The van der Waals surface area contributed by atoms with E-state index in [2.05, 4.69) is 26.0 Å². The molecule has 2 aromatic rings. The van der Waals surface area contributed by atoms with Crippen LogP contribution in [-0.4, -0.2) is 19.8 Å². The molecule has 2 heterocycles. The van der Waals surface area contributed by atoms with Crippen LogP contribution in [-0.2, 0) is 0 Å². The van der Waals surface area contributed by atoms with Gasteiger partial charge in [-0.05, 0) is 28.1 Å². The number of rotatable bonds is 2. The van der Waals surface area contributed by atoms with Crippen LogP contribution in [0.5, 0.6) is 0 Å². The third kappa shape index (κ3) is 2.21. The molecule has 6 heteroatoms. The van der Waals surface area contributed by atoms with Gasteiger partial charge in [0.1, 0.15) is 4.99 Å². The van der Waals surface area contributed by atoms with E-state index in [0.717, 1.165) is 10.0 Å². The van der Waals surface area contributed by atoms with Gasteiger partial charge in [-0.25, -0.2) is 9.67 Å². The van der Waals surface area contributed by atoms with Gasteiger partial charge in [-0.2, -0.15) is 5.10 Å². The van der Waals surface area contributed by atoms with Crippen LogP contribution >= 0.6 is 28.1 Å². The van der Waals surface area contributed by atoms with Crippen molar-refractivity contribution >= 4 is 33.1 Å². The van der Waals surface area contributed by atoms with Gasteiger partial charge < -0.3 is 5.73 Å². The summed E-state index contributed by atoms with van der Waals surface area (Å²) in [5.41, 5.74) is 6.31. The molecule has 4 nitrogen and oxygen atoms in total. The van der Waals surface area contributed by atoms with Gasteiger partial charge in [0.05, 0.1) is 10.7 Å². The van der Waals surface area contributed by atoms with Crippen LogP contribution < -0.4 is 5.73 Å². The molecule has 76 valence electrons. The van der Waals surface area contributed by atoms with E-state index in [1.54, 1.807) is 29.2 Å². The SMILES string of the molecule is NC(=S)c1ccnc(-n2cc(Br)cn2)c1. The lowest BCUT2D eigenvalue weighted by atomic mass is 10.2. The van der Waals surface area contributed by atoms with E-state index in [-0.39, 0.29) is 0 Å². The van der Waals surface area contributed by atoms with Gasteiger partial charge in [-0.1, -0.05) is 12.2 Å². The Labute approximate surface area is 100 Å². The maximum Gasteiger partial charge on any atom is 0.153 e. The second-order valence-electron chi connectivity index (χ2n) is 2.87. The summed E-state index contributed by atoms with van der Waals surface area (Å²) < 4.78 is 2.54. The normalized spacial score (nSPS) is 10.2. The van der Waals surface area contributed by atoms with Gasteiger partial charge in [0.25, 0.3) is 0 Å². The molecule has 0 aliphatic carbocycles. The Balaban J connectivity index is 2.45. The van der Waals surface area contributed by atoms with Gasteiger partial charge >= 0.3 is 0 Å². The zero-order chi connectivity index (χ0) is 10.8. The topological polar surface area (TPSA) is 56.7 Å². The van der Waals surface area contributed by atoms with Gasteiger partial charge in [-0.15, -0.1) is 0 Å². The van der Waals surface area contributed by atoms with E-state index in [1.807, 2.05) is 6.20 Å². The smallest absolute Gasteiger partial charge is 0.153 e. The highest BCUT2D eigenvalue weighted by molar-refractivity contribution is 9.10. The minimum atomic E-state index is 0.352. The van der Waals surface area contributed by atoms with Gasteiger partial charge in [-0.3, -0.25) is 0 Å². The molecule has 0 aliphatic rings. The van der Waals surface area contributed by atoms with Crippen molar-refractivity contribution in [1.82, 2.24) is 14.8 Å². The van der Waals surface area contributed by atoms with E-state index >= 15 is 0 Å². The number of halogens is 1. The Bertz CT molecular complexity index is 508. The highest BCUT2D eigenvalue weighted by atomic mass is 79.9. The lowest BCUT2D eigenvalue weighted by Crippen LogP contribution is -2.10. The standard InChI is InChI=1S/C9H7BrN4S/c10-7-4-13-14(5-7)8-3-6(9(11)15)1-2-12-8/h1-5H,(H2,11,15). The first-order valence-corrected chi connectivity index (χ1v) is 5.33. The first kappa shape index (κ1) is 10.3. The Morgan fingerprint density at radius 3 is 2.93 bits per heavy atom. The molecular weight excluding hydrogens is 276 g/mol. The first-order valence-electron chi connectivity index (χ1n) is 4.13. The van der Waals surface area contributed by atoms with Crippen molar-refractivity contribution in [1.29, 1.82) is 0 Å². The molecule has 0 aromatic carbocycles. The first-order chi connectivity index (χ1) is 7.16. The molecule has 0 saturated heterocycles. The Hall–Kier alpha value is -1.27. The Morgan fingerprint density at radius 1 is 1.53 bits per heavy atom. The molecule has 0 radical (unpaired) electrons. The molecular formula is C9H7BrN4S. The minimum absolute atomic E-state index is 0.352. The Kier molecular flexibility index (Phi) is 2.79. The average molecular weight is 283 g/mol. The van der Waals surface area contributed by atoms with Crippen LogP contribution in [0.1, 0.15) is 5.56 Å². The summed E-state index contributed by atoms with van der Waals surface area (Å²) >= 11 is 8.20. The van der Waals surface area contributed by atoms with Gasteiger partial charge in [0.2, 0.25) is 0 Å². The quantitative estimate of drug-likeness (QED) is 0.852. The lowest BCUT2D eigenvalue weighted by molar-refractivity contribution is 0.846. The molecule has 0 amide bonds. The molecule has 0 spiro atoms. The number of hydrogen-bond donors (Lipinski definition) is 1. The fraction of sp³-hybridized carbons (Fsp3) is 0. The molecule has 2 rings (SSSR count). The van der Waals surface area contributed by atoms with Crippen LogP contribution in [0.25, 0.3) is 5.82 Å². The molecule has 15 heavy (non-hydrogen) atoms. The second kappa shape index (κ2) is 4.08. The lowest BCUT2D eigenvalue weighted by Gasteiger charge is -2.02. The van der Waals surface area contributed by atoms with Crippen molar-refractivity contribution in [3.63, 3.8) is 0 Å². The molecule has 0 aliphatic heterocycles. The summed E-state index contributed by atoms with van der Waals surface area (Å²) in [5.74, 6) is 0.686. The fourth-order valence-corrected chi connectivity index (χ4v) is 1.54. The number of aromatic nitrogens is 3. The van der Waals surface area contributed by atoms with E-state index in [4.69, 9.17) is 18.0 Å². The predicted molar refractivity (Wildman–Crippen MR) is 64.9 cm³/mol. The molecule has 2 aromatic heterocycles. The summed E-state index contributed by atoms with van der Waals surface area (Å²) in [4.78, 5) is 4.52. The molecule has 0 unspecified atom stereocenters. The van der Waals surface area contributed by atoms with Crippen LogP contribution in [0.15, 0.2) is 35.2 Å². The third-order valence-corrected chi connectivity index (χ3v) is 2.46. The monoisotopic (exact) mass is 282 g/mol. The summed E-state index contributed by atoms with van der Waals surface area (Å²) in [6, 6.07) is 3.56. The number of hydrogen-bond acceptors (Lipinski definition) is 3. The average Bonchev–Trinajstić information content (AvgIpc) is 2.65. The van der Waals surface area contributed by atoms with Crippen LogP contribution in [0.3, 0.4) is 0 Å². The zero-order valence-corrected chi connectivity index (χ0v) is 9.99. The number of pyridine rings is 1. The largest absolute Gasteiger partial charge is 0.389 e. The van der Waals surface area contributed by atoms with Crippen molar-refractivity contribution in [3.05, 3.63) is 40.8 Å². The van der Waals surface area contributed by atoms with Crippen molar-refractivity contribution in [2.75, 3.05) is 0 Å². The fourth-order valence-electron chi connectivity index (χ4n) is 1.12. The third-order valence-electron chi connectivity index (χ3n) is 1.82. The highest BCUT2D eigenvalue weighted by Gasteiger charge is 2.02. The molecule has 2 N–H and O–H groups in total. The molecule has 0 atom stereocenters. The summed E-state index contributed by atoms with van der Waals surface area (Å²) in [6.45, 7) is 0. The second-order valence-corrected chi connectivity index (χ2v) is 4.23. The summed E-state index contributed by atoms with van der Waals surface area (Å²) in [6.07, 6.45) is 5.15. The highest BCUT2D eigenvalue weighted by Crippen LogP contribution is 2.11. The maximum atomic E-state index is 5.53. The van der Waals surface area contributed by atoms with E-state index in [0.29, 0.717) is 10.8 Å². The molecule has 0 saturated carbocycles. The summed E-state index contributed by atoms with van der Waals surface area (Å²) in [7, 11) is 0. The van der Waals surface area contributed by atoms with Gasteiger partial charge in [0.15, 0.2) is 5.82 Å². The Morgan fingerprint density at radius 2 is 2.33 bits per heavy atom. The zero-order valence-electron chi connectivity index (χ0n) is 7.59.